The molecule has 4 nitrogen and oxygen atoms in total. The molecule has 0 saturated carbocycles. The maximum atomic E-state index is 11.6. The first-order chi connectivity index (χ1) is 9.20. The fourth-order valence-electron chi connectivity index (χ4n) is 2.18. The van der Waals surface area contributed by atoms with Gasteiger partial charge in [-0.3, -0.25) is 4.57 Å². The number of thiophene rings is 1. The number of aryl methyl sites for hydroxylation is 1. The maximum Gasteiger partial charge on any atom is 0.419 e. The van der Waals surface area contributed by atoms with Crippen LogP contribution in [0.4, 0.5) is 0 Å². The van der Waals surface area contributed by atoms with Gasteiger partial charge in [-0.1, -0.05) is 6.07 Å². The number of benzene rings is 1. The zero-order valence-corrected chi connectivity index (χ0v) is 11.2. The first-order valence-corrected chi connectivity index (χ1v) is 6.98. The van der Waals surface area contributed by atoms with Gasteiger partial charge in [-0.2, -0.15) is 11.3 Å². The molecule has 98 valence electrons. The highest BCUT2D eigenvalue weighted by molar-refractivity contribution is 7.07. The second-order valence-electron chi connectivity index (χ2n) is 4.30. The van der Waals surface area contributed by atoms with Gasteiger partial charge in [0.2, 0.25) is 0 Å². The van der Waals surface area contributed by atoms with E-state index in [-0.39, 0.29) is 5.76 Å². The Morgan fingerprint density at radius 2 is 2.21 bits per heavy atom. The third-order valence-corrected chi connectivity index (χ3v) is 3.88. The van der Waals surface area contributed by atoms with Crippen LogP contribution in [-0.4, -0.2) is 9.67 Å². The van der Waals surface area contributed by atoms with E-state index in [9.17, 15) is 9.90 Å². The summed E-state index contributed by atoms with van der Waals surface area (Å²) in [4.78, 5) is 11.6. The molecule has 0 aliphatic carbocycles. The molecule has 1 aromatic carbocycles. The van der Waals surface area contributed by atoms with E-state index in [2.05, 4.69) is 0 Å². The summed E-state index contributed by atoms with van der Waals surface area (Å²) in [6, 6.07) is 7.25. The van der Waals surface area contributed by atoms with Crippen LogP contribution in [0.2, 0.25) is 0 Å². The minimum Gasteiger partial charge on any atom is -0.408 e. The Labute approximate surface area is 113 Å². The molecular weight excluding hydrogens is 262 g/mol. The molecule has 2 aromatic heterocycles. The van der Waals surface area contributed by atoms with Gasteiger partial charge in [0.15, 0.2) is 5.58 Å². The predicted octanol–water partition coefficient (Wildman–Crippen LogP) is 2.76. The zero-order chi connectivity index (χ0) is 13.4. The number of fused-ring (bicyclic) bond motifs is 1. The largest absolute Gasteiger partial charge is 0.419 e. The van der Waals surface area contributed by atoms with Crippen molar-refractivity contribution in [2.75, 3.05) is 0 Å². The van der Waals surface area contributed by atoms with E-state index in [0.717, 1.165) is 16.6 Å². The Kier molecular flexibility index (Phi) is 3.00. The Hall–Kier alpha value is -1.85. The van der Waals surface area contributed by atoms with E-state index in [1.165, 1.54) is 11.3 Å². The fourth-order valence-corrected chi connectivity index (χ4v) is 2.85. The highest BCUT2D eigenvalue weighted by Gasteiger charge is 2.14. The minimum absolute atomic E-state index is 0.361. The van der Waals surface area contributed by atoms with Gasteiger partial charge >= 0.3 is 5.76 Å². The molecule has 1 N–H and O–H groups in total. The van der Waals surface area contributed by atoms with E-state index in [4.69, 9.17) is 4.42 Å². The molecule has 0 amide bonds. The van der Waals surface area contributed by atoms with Crippen molar-refractivity contribution >= 4 is 22.4 Å². The van der Waals surface area contributed by atoms with Crippen molar-refractivity contribution in [3.63, 3.8) is 0 Å². The Morgan fingerprint density at radius 3 is 2.89 bits per heavy atom. The Balaban J connectivity index is 2.10. The molecule has 0 fully saturated rings. The first-order valence-electron chi connectivity index (χ1n) is 6.04. The highest BCUT2D eigenvalue weighted by atomic mass is 32.1. The molecule has 2 heterocycles. The van der Waals surface area contributed by atoms with Gasteiger partial charge in [-0.05, 0) is 47.0 Å². The second-order valence-corrected chi connectivity index (χ2v) is 5.08. The van der Waals surface area contributed by atoms with Gasteiger partial charge in [0.25, 0.3) is 0 Å². The topological polar surface area (TPSA) is 55.4 Å². The zero-order valence-electron chi connectivity index (χ0n) is 10.4. The van der Waals surface area contributed by atoms with E-state index in [1.807, 2.05) is 35.9 Å². The van der Waals surface area contributed by atoms with Gasteiger partial charge in [0.05, 0.1) is 5.52 Å². The lowest BCUT2D eigenvalue weighted by atomic mass is 10.0. The number of aliphatic hydroxyl groups is 1. The monoisotopic (exact) mass is 275 g/mol. The lowest BCUT2D eigenvalue weighted by Crippen LogP contribution is -2.11. The van der Waals surface area contributed by atoms with Crippen LogP contribution in [0.15, 0.2) is 44.2 Å². The number of rotatable bonds is 3. The number of hydrogen-bond donors (Lipinski definition) is 1. The van der Waals surface area contributed by atoms with Crippen LogP contribution >= 0.6 is 11.3 Å². The van der Waals surface area contributed by atoms with Gasteiger partial charge < -0.3 is 9.52 Å². The van der Waals surface area contributed by atoms with Crippen molar-refractivity contribution in [3.05, 3.63) is 56.7 Å². The normalized spacial score (nSPS) is 12.9. The summed E-state index contributed by atoms with van der Waals surface area (Å²) in [6.45, 7) is 2.46. The summed E-state index contributed by atoms with van der Waals surface area (Å²) in [5.74, 6) is -0.361. The van der Waals surface area contributed by atoms with E-state index >= 15 is 0 Å². The summed E-state index contributed by atoms with van der Waals surface area (Å²) in [5.41, 5.74) is 2.84. The van der Waals surface area contributed by atoms with Crippen molar-refractivity contribution in [1.82, 2.24) is 4.57 Å². The summed E-state index contributed by atoms with van der Waals surface area (Å²) in [6.07, 6.45) is -0.689. The quantitative estimate of drug-likeness (QED) is 0.799. The Bertz CT molecular complexity index is 755. The van der Waals surface area contributed by atoms with Crippen LogP contribution < -0.4 is 5.76 Å². The molecule has 1 atom stereocenters. The summed E-state index contributed by atoms with van der Waals surface area (Å²) >= 11 is 1.54. The summed E-state index contributed by atoms with van der Waals surface area (Å²) in [7, 11) is 0. The molecule has 0 radical (unpaired) electrons. The molecule has 0 aliphatic heterocycles. The van der Waals surface area contributed by atoms with Crippen LogP contribution in [0.5, 0.6) is 0 Å². The standard InChI is InChI=1S/C14H13NO3S/c1-2-15-11-4-3-9(7-12(11)18-14(15)17)13(16)10-5-6-19-8-10/h3-8,13,16H,2H2,1H3. The molecule has 5 heteroatoms. The number of hydrogen-bond acceptors (Lipinski definition) is 4. The molecule has 1 unspecified atom stereocenters. The van der Waals surface area contributed by atoms with E-state index in [0.29, 0.717) is 12.1 Å². The molecule has 0 bridgehead atoms. The molecular formula is C14H13NO3S. The van der Waals surface area contributed by atoms with Crippen molar-refractivity contribution in [1.29, 1.82) is 0 Å². The average Bonchev–Trinajstić information content (AvgIpc) is 3.03. The SMILES string of the molecule is CCn1c(=O)oc2cc(C(O)c3ccsc3)ccc21. The molecule has 3 aromatic rings. The number of oxazole rings is 1. The molecule has 3 rings (SSSR count). The second kappa shape index (κ2) is 4.68. The number of aliphatic hydroxyl groups excluding tert-OH is 1. The third kappa shape index (κ3) is 2.01. The fraction of sp³-hybridized carbons (Fsp3) is 0.214. The minimum atomic E-state index is -0.689. The van der Waals surface area contributed by atoms with Crippen LogP contribution in [0.3, 0.4) is 0 Å². The van der Waals surface area contributed by atoms with Crippen LogP contribution in [0.25, 0.3) is 11.1 Å². The van der Waals surface area contributed by atoms with Gasteiger partial charge in [-0.25, -0.2) is 4.79 Å². The van der Waals surface area contributed by atoms with E-state index < -0.39 is 6.10 Å². The highest BCUT2D eigenvalue weighted by Crippen LogP contribution is 2.26. The van der Waals surface area contributed by atoms with Crippen molar-refractivity contribution in [2.24, 2.45) is 0 Å². The van der Waals surface area contributed by atoms with Crippen LogP contribution in [0, 0.1) is 0 Å². The van der Waals surface area contributed by atoms with Crippen LogP contribution in [-0.2, 0) is 6.54 Å². The smallest absolute Gasteiger partial charge is 0.408 e. The molecule has 19 heavy (non-hydrogen) atoms. The molecule has 0 saturated heterocycles. The Morgan fingerprint density at radius 1 is 1.37 bits per heavy atom. The first kappa shape index (κ1) is 12.2. The summed E-state index contributed by atoms with van der Waals surface area (Å²) < 4.78 is 6.76. The predicted molar refractivity (Wildman–Crippen MR) is 74.5 cm³/mol. The van der Waals surface area contributed by atoms with Gasteiger partial charge in [0, 0.05) is 6.54 Å². The lowest BCUT2D eigenvalue weighted by Gasteiger charge is -2.08. The summed E-state index contributed by atoms with van der Waals surface area (Å²) in [5, 5.41) is 14.1. The van der Waals surface area contributed by atoms with Crippen molar-refractivity contribution in [2.45, 2.75) is 19.6 Å². The lowest BCUT2D eigenvalue weighted by molar-refractivity contribution is 0.221. The molecule has 0 aliphatic rings. The average molecular weight is 275 g/mol. The van der Waals surface area contributed by atoms with Gasteiger partial charge in [0.1, 0.15) is 6.10 Å². The molecule has 0 spiro atoms. The van der Waals surface area contributed by atoms with Gasteiger partial charge in [-0.15, -0.1) is 0 Å². The van der Waals surface area contributed by atoms with Crippen molar-refractivity contribution < 1.29 is 9.52 Å². The van der Waals surface area contributed by atoms with Crippen molar-refractivity contribution in [3.8, 4) is 0 Å². The number of nitrogens with zero attached hydrogens (tertiary/aromatic N) is 1. The third-order valence-electron chi connectivity index (χ3n) is 3.18. The van der Waals surface area contributed by atoms with E-state index in [1.54, 1.807) is 10.6 Å². The van der Waals surface area contributed by atoms with Crippen LogP contribution in [0.1, 0.15) is 24.2 Å². The maximum absolute atomic E-state index is 11.6. The number of aromatic nitrogens is 1.